The van der Waals surface area contributed by atoms with Gasteiger partial charge in [0, 0.05) is 12.1 Å². The number of nitrogens with zero attached hydrogens (tertiary/aromatic N) is 3. The molecular formula is C19H16N4O. The summed E-state index contributed by atoms with van der Waals surface area (Å²) in [6.45, 7) is 2.66. The van der Waals surface area contributed by atoms with Gasteiger partial charge in [0.05, 0.1) is 6.33 Å². The zero-order valence-electron chi connectivity index (χ0n) is 13.2. The number of aryl methyl sites for hydroxylation is 1. The number of aromatic nitrogens is 4. The lowest BCUT2D eigenvalue weighted by Crippen LogP contribution is -2.14. The number of benzene rings is 2. The Hall–Kier alpha value is -3.21. The Morgan fingerprint density at radius 3 is 2.58 bits per heavy atom. The third kappa shape index (κ3) is 2.50. The van der Waals surface area contributed by atoms with Crippen LogP contribution in [0.1, 0.15) is 11.1 Å². The summed E-state index contributed by atoms with van der Waals surface area (Å²) in [5.41, 5.74) is 3.99. The van der Waals surface area contributed by atoms with E-state index < -0.39 is 0 Å². The minimum Gasteiger partial charge on any atom is -0.320 e. The Morgan fingerprint density at radius 1 is 1.04 bits per heavy atom. The highest BCUT2D eigenvalue weighted by atomic mass is 16.1. The lowest BCUT2D eigenvalue weighted by atomic mass is 10.1. The molecule has 1 N–H and O–H groups in total. The van der Waals surface area contributed by atoms with E-state index in [2.05, 4.69) is 34.0 Å². The van der Waals surface area contributed by atoms with Gasteiger partial charge in [0.1, 0.15) is 5.82 Å². The van der Waals surface area contributed by atoms with E-state index >= 15 is 0 Å². The molecule has 0 radical (unpaired) electrons. The summed E-state index contributed by atoms with van der Waals surface area (Å²) in [5.74, 6) is 0.536. The molecule has 2 heterocycles. The second-order valence-electron chi connectivity index (χ2n) is 5.75. The first kappa shape index (κ1) is 14.4. The molecule has 0 aliphatic rings. The fourth-order valence-electron chi connectivity index (χ4n) is 2.81. The van der Waals surface area contributed by atoms with Crippen molar-refractivity contribution in [3.63, 3.8) is 0 Å². The summed E-state index contributed by atoms with van der Waals surface area (Å²) in [5, 5.41) is 0. The lowest BCUT2D eigenvalue weighted by molar-refractivity contribution is 0.814. The molecule has 0 aliphatic carbocycles. The predicted octanol–water partition coefficient (Wildman–Crippen LogP) is 3.14. The van der Waals surface area contributed by atoms with Crippen molar-refractivity contribution in [2.75, 3.05) is 0 Å². The van der Waals surface area contributed by atoms with Crippen molar-refractivity contribution in [3.8, 4) is 11.4 Å². The normalized spacial score (nSPS) is 11.0. The quantitative estimate of drug-likeness (QED) is 0.631. The minimum atomic E-state index is -0.176. The Morgan fingerprint density at radius 2 is 1.79 bits per heavy atom. The standard InChI is InChI=1S/C19H16N4O/c1-13-7-5-6-10-15(13)11-23-12-20-18-16(23)19(24)22-17(21-18)14-8-3-2-4-9-14/h2-10,12H,11H2,1H3,(H,21,22,24). The number of rotatable bonds is 3. The van der Waals surface area contributed by atoms with Gasteiger partial charge in [-0.25, -0.2) is 9.97 Å². The average molecular weight is 316 g/mol. The van der Waals surface area contributed by atoms with Crippen molar-refractivity contribution in [3.05, 3.63) is 82.4 Å². The second-order valence-corrected chi connectivity index (χ2v) is 5.75. The van der Waals surface area contributed by atoms with Crippen LogP contribution in [0.5, 0.6) is 0 Å². The van der Waals surface area contributed by atoms with Gasteiger partial charge in [-0.1, -0.05) is 54.6 Å². The smallest absolute Gasteiger partial charge is 0.277 e. The number of H-pyrrole nitrogens is 1. The van der Waals surface area contributed by atoms with Gasteiger partial charge in [0.25, 0.3) is 5.56 Å². The first-order valence-corrected chi connectivity index (χ1v) is 7.77. The first-order chi connectivity index (χ1) is 11.7. The molecule has 5 nitrogen and oxygen atoms in total. The number of nitrogens with one attached hydrogen (secondary N) is 1. The molecule has 0 unspecified atom stereocenters. The molecule has 0 saturated carbocycles. The molecule has 24 heavy (non-hydrogen) atoms. The van der Waals surface area contributed by atoms with Crippen LogP contribution in [0.2, 0.25) is 0 Å². The van der Waals surface area contributed by atoms with Crippen molar-refractivity contribution in [1.29, 1.82) is 0 Å². The number of aromatic amines is 1. The highest BCUT2D eigenvalue weighted by Crippen LogP contribution is 2.16. The summed E-state index contributed by atoms with van der Waals surface area (Å²) >= 11 is 0. The van der Waals surface area contributed by atoms with Gasteiger partial charge >= 0.3 is 0 Å². The monoisotopic (exact) mass is 316 g/mol. The van der Waals surface area contributed by atoms with Crippen LogP contribution in [0.15, 0.2) is 65.7 Å². The van der Waals surface area contributed by atoms with Gasteiger partial charge in [0.15, 0.2) is 11.2 Å². The third-order valence-corrected chi connectivity index (χ3v) is 4.13. The zero-order chi connectivity index (χ0) is 16.5. The topological polar surface area (TPSA) is 63.6 Å². The third-order valence-electron chi connectivity index (χ3n) is 4.13. The number of hydrogen-bond donors (Lipinski definition) is 1. The maximum absolute atomic E-state index is 12.6. The van der Waals surface area contributed by atoms with Gasteiger partial charge in [-0.15, -0.1) is 0 Å². The molecule has 0 aliphatic heterocycles. The number of hydrogen-bond acceptors (Lipinski definition) is 3. The molecule has 2 aromatic carbocycles. The minimum absolute atomic E-state index is 0.176. The molecule has 118 valence electrons. The molecule has 0 atom stereocenters. The van der Waals surface area contributed by atoms with Crippen LogP contribution in [0.25, 0.3) is 22.6 Å². The first-order valence-electron chi connectivity index (χ1n) is 7.77. The van der Waals surface area contributed by atoms with Gasteiger partial charge in [-0.2, -0.15) is 0 Å². The van der Waals surface area contributed by atoms with E-state index in [1.54, 1.807) is 6.33 Å². The summed E-state index contributed by atoms with van der Waals surface area (Å²) in [6, 6.07) is 17.7. The molecular weight excluding hydrogens is 300 g/mol. The molecule has 0 bridgehead atoms. The van der Waals surface area contributed by atoms with Crippen LogP contribution in [-0.4, -0.2) is 19.5 Å². The predicted molar refractivity (Wildman–Crippen MR) is 93.9 cm³/mol. The Balaban J connectivity index is 1.80. The number of fused-ring (bicyclic) bond motifs is 1. The van der Waals surface area contributed by atoms with Crippen molar-refractivity contribution >= 4 is 11.2 Å². The van der Waals surface area contributed by atoms with Crippen LogP contribution < -0.4 is 5.56 Å². The summed E-state index contributed by atoms with van der Waals surface area (Å²) in [7, 11) is 0. The van der Waals surface area contributed by atoms with Gasteiger partial charge in [-0.05, 0) is 18.1 Å². The molecule has 4 aromatic rings. The molecule has 0 fully saturated rings. The van der Waals surface area contributed by atoms with Crippen molar-refractivity contribution in [2.24, 2.45) is 0 Å². The SMILES string of the molecule is Cc1ccccc1Cn1cnc2nc(-c3ccccc3)[nH]c(=O)c21. The zero-order valence-corrected chi connectivity index (χ0v) is 13.2. The Kier molecular flexibility index (Phi) is 3.46. The van der Waals surface area contributed by atoms with Crippen molar-refractivity contribution in [2.45, 2.75) is 13.5 Å². The molecule has 5 heteroatoms. The van der Waals surface area contributed by atoms with Gasteiger partial charge in [-0.3, -0.25) is 4.79 Å². The van der Waals surface area contributed by atoms with E-state index in [1.165, 1.54) is 5.56 Å². The van der Waals surface area contributed by atoms with Gasteiger partial charge in [0.2, 0.25) is 0 Å². The molecule has 0 saturated heterocycles. The lowest BCUT2D eigenvalue weighted by Gasteiger charge is -2.07. The number of imidazole rings is 1. The maximum atomic E-state index is 12.6. The molecule has 0 spiro atoms. The molecule has 4 rings (SSSR count). The van der Waals surface area contributed by atoms with Crippen LogP contribution >= 0.6 is 0 Å². The average Bonchev–Trinajstić information content (AvgIpc) is 3.01. The summed E-state index contributed by atoms with van der Waals surface area (Å²) in [6.07, 6.45) is 1.67. The molecule has 0 amide bonds. The Labute approximate surface area is 138 Å². The van der Waals surface area contributed by atoms with Crippen LogP contribution in [0.3, 0.4) is 0 Å². The summed E-state index contributed by atoms with van der Waals surface area (Å²) in [4.78, 5) is 24.3. The van der Waals surface area contributed by atoms with E-state index in [-0.39, 0.29) is 5.56 Å². The summed E-state index contributed by atoms with van der Waals surface area (Å²) < 4.78 is 1.85. The van der Waals surface area contributed by atoms with E-state index in [1.807, 2.05) is 47.0 Å². The highest BCUT2D eigenvalue weighted by molar-refractivity contribution is 5.72. The van der Waals surface area contributed by atoms with E-state index in [9.17, 15) is 4.79 Å². The second kappa shape index (κ2) is 5.77. The molecule has 2 aromatic heterocycles. The van der Waals surface area contributed by atoms with Crippen molar-refractivity contribution < 1.29 is 0 Å². The maximum Gasteiger partial charge on any atom is 0.277 e. The highest BCUT2D eigenvalue weighted by Gasteiger charge is 2.12. The van der Waals surface area contributed by atoms with Crippen LogP contribution in [0, 0.1) is 6.92 Å². The fourth-order valence-corrected chi connectivity index (χ4v) is 2.81. The van der Waals surface area contributed by atoms with Crippen molar-refractivity contribution in [1.82, 2.24) is 19.5 Å². The van der Waals surface area contributed by atoms with E-state index in [4.69, 9.17) is 0 Å². The van der Waals surface area contributed by atoms with Crippen LogP contribution in [-0.2, 0) is 6.54 Å². The van der Waals surface area contributed by atoms with E-state index in [0.29, 0.717) is 23.5 Å². The van der Waals surface area contributed by atoms with Crippen LogP contribution in [0.4, 0.5) is 0 Å². The largest absolute Gasteiger partial charge is 0.320 e. The Bertz CT molecular complexity index is 1060. The fraction of sp³-hybridized carbons (Fsp3) is 0.105. The van der Waals surface area contributed by atoms with E-state index in [0.717, 1.165) is 11.1 Å². The van der Waals surface area contributed by atoms with Gasteiger partial charge < -0.3 is 9.55 Å².